The molecule has 0 spiro atoms. The molecular weight excluding hydrogens is 249 g/mol. The van der Waals surface area contributed by atoms with E-state index in [2.05, 4.69) is 0 Å². The third-order valence-corrected chi connectivity index (χ3v) is 3.17. The van der Waals surface area contributed by atoms with E-state index in [0.29, 0.717) is 0 Å². The van der Waals surface area contributed by atoms with Gasteiger partial charge in [-0.1, -0.05) is 0 Å². The van der Waals surface area contributed by atoms with E-state index in [0.717, 1.165) is 18.9 Å². The molecule has 1 aliphatic heterocycles. The molecule has 1 unspecified atom stereocenters. The van der Waals surface area contributed by atoms with E-state index in [9.17, 15) is 9.18 Å². The van der Waals surface area contributed by atoms with Gasteiger partial charge in [-0.15, -0.1) is 0 Å². The van der Waals surface area contributed by atoms with Crippen molar-refractivity contribution in [3.8, 4) is 0 Å². The lowest BCUT2D eigenvalue weighted by molar-refractivity contribution is -0.0446. The summed E-state index contributed by atoms with van der Waals surface area (Å²) in [5.41, 5.74) is 5.41. The number of nitrogen functional groups attached to an aromatic ring is 1. The second kappa shape index (κ2) is 5.17. The summed E-state index contributed by atoms with van der Waals surface area (Å²) in [5.74, 6) is -1.36. The average molecular weight is 267 g/mol. The van der Waals surface area contributed by atoms with Gasteiger partial charge in [-0.05, 0) is 44.9 Å². The standard InChI is InChI=1S/C14H18FNO3/c1-14(2)6-5-10(19-14)8-18-13(17)11-4-3-9(16)7-12(11)15/h3-4,7,10H,5-6,8,16H2,1-2H3. The van der Waals surface area contributed by atoms with Crippen LogP contribution in [0.15, 0.2) is 18.2 Å². The normalized spacial score (nSPS) is 21.3. The van der Waals surface area contributed by atoms with Crippen LogP contribution in [0.4, 0.5) is 10.1 Å². The summed E-state index contributed by atoms with van der Waals surface area (Å²) in [6.45, 7) is 4.13. The van der Waals surface area contributed by atoms with E-state index in [1.165, 1.54) is 12.1 Å². The maximum absolute atomic E-state index is 13.5. The number of nitrogens with two attached hydrogens (primary N) is 1. The van der Waals surface area contributed by atoms with E-state index in [4.69, 9.17) is 15.2 Å². The van der Waals surface area contributed by atoms with Crippen molar-refractivity contribution in [1.82, 2.24) is 0 Å². The van der Waals surface area contributed by atoms with Crippen LogP contribution < -0.4 is 5.73 Å². The number of carbonyl (C=O) groups excluding carboxylic acids is 1. The summed E-state index contributed by atoms with van der Waals surface area (Å²) in [6.07, 6.45) is 1.64. The van der Waals surface area contributed by atoms with Gasteiger partial charge in [0.15, 0.2) is 0 Å². The van der Waals surface area contributed by atoms with Gasteiger partial charge in [0.1, 0.15) is 12.4 Å². The molecule has 2 N–H and O–H groups in total. The predicted octanol–water partition coefficient (Wildman–Crippen LogP) is 2.52. The first kappa shape index (κ1) is 13.8. The molecule has 2 rings (SSSR count). The minimum Gasteiger partial charge on any atom is -0.459 e. The average Bonchev–Trinajstić information content (AvgIpc) is 2.66. The molecule has 1 heterocycles. The molecule has 1 aromatic carbocycles. The summed E-state index contributed by atoms with van der Waals surface area (Å²) < 4.78 is 24.3. The Balaban J connectivity index is 1.91. The van der Waals surface area contributed by atoms with Crippen molar-refractivity contribution >= 4 is 11.7 Å². The van der Waals surface area contributed by atoms with Gasteiger partial charge < -0.3 is 15.2 Å². The third-order valence-electron chi connectivity index (χ3n) is 3.17. The van der Waals surface area contributed by atoms with Gasteiger partial charge in [0.2, 0.25) is 0 Å². The van der Waals surface area contributed by atoms with Gasteiger partial charge in [-0.3, -0.25) is 0 Å². The number of hydrogen-bond acceptors (Lipinski definition) is 4. The smallest absolute Gasteiger partial charge is 0.341 e. The Morgan fingerprint density at radius 1 is 1.58 bits per heavy atom. The van der Waals surface area contributed by atoms with E-state index >= 15 is 0 Å². The molecule has 0 radical (unpaired) electrons. The van der Waals surface area contributed by atoms with Gasteiger partial charge in [-0.2, -0.15) is 0 Å². The largest absolute Gasteiger partial charge is 0.459 e. The second-order valence-corrected chi connectivity index (χ2v) is 5.38. The second-order valence-electron chi connectivity index (χ2n) is 5.38. The Labute approximate surface area is 111 Å². The number of rotatable bonds is 3. The molecule has 0 saturated carbocycles. The molecule has 0 aliphatic carbocycles. The van der Waals surface area contributed by atoms with E-state index in [-0.39, 0.29) is 29.6 Å². The lowest BCUT2D eigenvalue weighted by atomic mass is 10.1. The highest BCUT2D eigenvalue weighted by atomic mass is 19.1. The molecule has 1 atom stereocenters. The number of anilines is 1. The fraction of sp³-hybridized carbons (Fsp3) is 0.500. The SMILES string of the molecule is CC1(C)CCC(COC(=O)c2ccc(N)cc2F)O1. The first-order valence-electron chi connectivity index (χ1n) is 6.27. The van der Waals surface area contributed by atoms with Crippen LogP contribution in [0, 0.1) is 5.82 Å². The fourth-order valence-corrected chi connectivity index (χ4v) is 2.14. The summed E-state index contributed by atoms with van der Waals surface area (Å²) in [7, 11) is 0. The minimum atomic E-state index is -0.689. The summed E-state index contributed by atoms with van der Waals surface area (Å²) >= 11 is 0. The number of benzene rings is 1. The molecule has 4 nitrogen and oxygen atoms in total. The van der Waals surface area contributed by atoms with Crippen molar-refractivity contribution in [3.63, 3.8) is 0 Å². The van der Waals surface area contributed by atoms with E-state index in [1.807, 2.05) is 13.8 Å². The van der Waals surface area contributed by atoms with Gasteiger partial charge in [0, 0.05) is 5.69 Å². The molecule has 1 saturated heterocycles. The molecule has 104 valence electrons. The molecule has 1 aromatic rings. The third kappa shape index (κ3) is 3.44. The predicted molar refractivity (Wildman–Crippen MR) is 69.3 cm³/mol. The van der Waals surface area contributed by atoms with Crippen LogP contribution in [0.25, 0.3) is 0 Å². The number of halogens is 1. The van der Waals surface area contributed by atoms with Crippen LogP contribution >= 0.6 is 0 Å². The molecule has 0 amide bonds. The topological polar surface area (TPSA) is 61.5 Å². The maximum atomic E-state index is 13.5. The number of esters is 1. The first-order chi connectivity index (χ1) is 8.87. The highest BCUT2D eigenvalue weighted by molar-refractivity contribution is 5.90. The summed E-state index contributed by atoms with van der Waals surface area (Å²) in [4.78, 5) is 11.7. The lowest BCUT2D eigenvalue weighted by Crippen LogP contribution is -2.24. The van der Waals surface area contributed by atoms with Crippen molar-refractivity contribution in [3.05, 3.63) is 29.6 Å². The van der Waals surface area contributed by atoms with Gasteiger partial charge in [0.25, 0.3) is 0 Å². The molecular formula is C14H18FNO3. The van der Waals surface area contributed by atoms with Gasteiger partial charge in [-0.25, -0.2) is 9.18 Å². The monoisotopic (exact) mass is 267 g/mol. The molecule has 1 aliphatic rings. The zero-order valence-corrected chi connectivity index (χ0v) is 11.1. The quantitative estimate of drug-likeness (QED) is 0.675. The Morgan fingerprint density at radius 3 is 2.89 bits per heavy atom. The molecule has 1 fully saturated rings. The molecule has 0 aromatic heterocycles. The fourth-order valence-electron chi connectivity index (χ4n) is 2.14. The Bertz CT molecular complexity index is 488. The van der Waals surface area contributed by atoms with Crippen molar-refractivity contribution < 1.29 is 18.7 Å². The van der Waals surface area contributed by atoms with Crippen LogP contribution in [0.2, 0.25) is 0 Å². The lowest BCUT2D eigenvalue weighted by Gasteiger charge is -2.19. The number of hydrogen-bond donors (Lipinski definition) is 1. The highest BCUT2D eigenvalue weighted by Gasteiger charge is 2.32. The number of carbonyl (C=O) groups is 1. The Morgan fingerprint density at radius 2 is 2.32 bits per heavy atom. The van der Waals surface area contributed by atoms with Crippen LogP contribution in [-0.4, -0.2) is 24.3 Å². The number of ether oxygens (including phenoxy) is 2. The molecule has 0 bridgehead atoms. The van der Waals surface area contributed by atoms with Crippen molar-refractivity contribution in [2.24, 2.45) is 0 Å². The van der Waals surface area contributed by atoms with Crippen molar-refractivity contribution in [2.75, 3.05) is 12.3 Å². The Kier molecular flexibility index (Phi) is 3.75. The van der Waals surface area contributed by atoms with Crippen LogP contribution in [0.5, 0.6) is 0 Å². The van der Waals surface area contributed by atoms with Crippen molar-refractivity contribution in [2.45, 2.75) is 38.4 Å². The molecule has 5 heteroatoms. The van der Waals surface area contributed by atoms with Gasteiger partial charge >= 0.3 is 5.97 Å². The van der Waals surface area contributed by atoms with Crippen LogP contribution in [0.3, 0.4) is 0 Å². The van der Waals surface area contributed by atoms with Gasteiger partial charge in [0.05, 0.1) is 17.3 Å². The first-order valence-corrected chi connectivity index (χ1v) is 6.27. The Hall–Kier alpha value is -1.62. The zero-order valence-electron chi connectivity index (χ0n) is 11.1. The zero-order chi connectivity index (χ0) is 14.0. The molecule has 19 heavy (non-hydrogen) atoms. The van der Waals surface area contributed by atoms with Crippen molar-refractivity contribution in [1.29, 1.82) is 0 Å². The van der Waals surface area contributed by atoms with E-state index in [1.54, 1.807) is 0 Å². The van der Waals surface area contributed by atoms with Crippen LogP contribution in [0.1, 0.15) is 37.0 Å². The summed E-state index contributed by atoms with van der Waals surface area (Å²) in [6, 6.07) is 3.90. The maximum Gasteiger partial charge on any atom is 0.341 e. The van der Waals surface area contributed by atoms with Crippen LogP contribution in [-0.2, 0) is 9.47 Å². The minimum absolute atomic E-state index is 0.105. The highest BCUT2D eigenvalue weighted by Crippen LogP contribution is 2.29. The summed E-state index contributed by atoms with van der Waals surface area (Å²) in [5, 5.41) is 0. The van der Waals surface area contributed by atoms with E-state index < -0.39 is 11.8 Å².